The Labute approximate surface area is 169 Å². The number of rotatable bonds is 2. The molecule has 0 radical (unpaired) electrons. The molecule has 1 aromatic carbocycles. The largest absolute Gasteiger partial charge is 0.314 e. The summed E-state index contributed by atoms with van der Waals surface area (Å²) in [5.41, 5.74) is 1.15. The highest BCUT2D eigenvalue weighted by molar-refractivity contribution is 5.84. The Bertz CT molecular complexity index is 1350. The fraction of sp³-hybridized carbons (Fsp3) is 0.286. The van der Waals surface area contributed by atoms with E-state index in [9.17, 15) is 18.0 Å². The number of nitrogens with zero attached hydrogens (tertiary/aromatic N) is 4. The topological polar surface area (TPSA) is 64.2 Å². The third kappa shape index (κ3) is 2.97. The minimum atomic E-state index is -1.26. The number of piperidine rings is 1. The van der Waals surface area contributed by atoms with Gasteiger partial charge in [-0.3, -0.25) is 9.36 Å². The van der Waals surface area contributed by atoms with Crippen LogP contribution in [-0.2, 0) is 0 Å². The van der Waals surface area contributed by atoms with E-state index in [4.69, 9.17) is 0 Å². The fourth-order valence-corrected chi connectivity index (χ4v) is 4.07. The van der Waals surface area contributed by atoms with Crippen molar-refractivity contribution in [1.29, 1.82) is 0 Å². The van der Waals surface area contributed by atoms with Crippen LogP contribution in [0.4, 0.5) is 13.2 Å². The lowest BCUT2D eigenvalue weighted by atomic mass is 10.0. The summed E-state index contributed by atoms with van der Waals surface area (Å²) in [7, 11) is 0. The van der Waals surface area contributed by atoms with E-state index in [0.717, 1.165) is 0 Å². The maximum Gasteiger partial charge on any atom is 0.264 e. The predicted octanol–water partition coefficient (Wildman–Crippen LogP) is 3.17. The second kappa shape index (κ2) is 6.94. The van der Waals surface area contributed by atoms with Crippen LogP contribution in [0.3, 0.4) is 0 Å². The van der Waals surface area contributed by atoms with Crippen LogP contribution in [-0.4, -0.2) is 38.2 Å². The zero-order chi connectivity index (χ0) is 21.0. The Morgan fingerprint density at radius 1 is 1.13 bits per heavy atom. The minimum Gasteiger partial charge on any atom is -0.314 e. The van der Waals surface area contributed by atoms with Crippen molar-refractivity contribution in [3.8, 4) is 11.1 Å². The molecule has 1 aliphatic rings. The summed E-state index contributed by atoms with van der Waals surface area (Å²) in [5.74, 6) is -1.31. The number of hydrogen-bond acceptors (Lipinski definition) is 4. The number of halogens is 3. The van der Waals surface area contributed by atoms with Gasteiger partial charge in [0.15, 0.2) is 11.5 Å². The minimum absolute atomic E-state index is 0.137. The Kier molecular flexibility index (Phi) is 4.35. The molecule has 154 valence electrons. The number of nitrogens with one attached hydrogen (secondary N) is 1. The summed E-state index contributed by atoms with van der Waals surface area (Å²) in [5, 5.41) is 2.72. The van der Waals surface area contributed by atoms with Gasteiger partial charge in [0.25, 0.3) is 5.56 Å². The Hall–Kier alpha value is -3.20. The third-order valence-electron chi connectivity index (χ3n) is 5.53. The molecule has 0 spiro atoms. The van der Waals surface area contributed by atoms with Gasteiger partial charge in [-0.15, -0.1) is 0 Å². The zero-order valence-electron chi connectivity index (χ0n) is 16.1. The molecule has 0 aliphatic carbocycles. The van der Waals surface area contributed by atoms with Crippen molar-refractivity contribution < 1.29 is 13.2 Å². The number of hydrogen-bond donors (Lipinski definition) is 1. The molecule has 5 rings (SSSR count). The summed E-state index contributed by atoms with van der Waals surface area (Å²) in [6.45, 7) is 2.46. The van der Waals surface area contributed by atoms with Crippen molar-refractivity contribution in [1.82, 2.24) is 24.3 Å². The number of aromatic nitrogens is 4. The monoisotopic (exact) mass is 413 g/mol. The molecule has 9 heteroatoms. The van der Waals surface area contributed by atoms with Gasteiger partial charge in [-0.05, 0) is 43.7 Å². The highest BCUT2D eigenvalue weighted by atomic mass is 19.1. The summed E-state index contributed by atoms with van der Waals surface area (Å²) in [6, 6.07) is 3.29. The maximum absolute atomic E-state index is 15.0. The molecule has 1 aliphatic heterocycles. The first-order valence-electron chi connectivity index (χ1n) is 9.63. The van der Waals surface area contributed by atoms with Crippen LogP contribution < -0.4 is 10.9 Å². The normalized spacial score (nSPS) is 19.6. The number of fused-ring (bicyclic) bond motifs is 2. The second-order valence-corrected chi connectivity index (χ2v) is 7.58. The molecule has 2 atom stereocenters. The van der Waals surface area contributed by atoms with Gasteiger partial charge < -0.3 is 9.72 Å². The van der Waals surface area contributed by atoms with E-state index in [0.29, 0.717) is 29.8 Å². The van der Waals surface area contributed by atoms with E-state index in [-0.39, 0.29) is 23.1 Å². The van der Waals surface area contributed by atoms with E-state index < -0.39 is 29.4 Å². The zero-order valence-corrected chi connectivity index (χ0v) is 16.1. The highest BCUT2D eigenvalue weighted by Crippen LogP contribution is 2.27. The summed E-state index contributed by atoms with van der Waals surface area (Å²) >= 11 is 0. The summed E-state index contributed by atoms with van der Waals surface area (Å²) in [4.78, 5) is 21.2. The smallest absolute Gasteiger partial charge is 0.264 e. The SMILES string of the molecule is Cc1cn2cc(-c3cc(F)c4c(=O)n([C@H]5CCNC[C@H]5F)cnc4c3)cc(F)c2n1. The molecule has 0 bridgehead atoms. The van der Waals surface area contributed by atoms with Crippen molar-refractivity contribution in [2.75, 3.05) is 13.1 Å². The average molecular weight is 413 g/mol. The lowest BCUT2D eigenvalue weighted by molar-refractivity contribution is 0.180. The molecule has 0 saturated carbocycles. The van der Waals surface area contributed by atoms with Crippen LogP contribution in [0.15, 0.2) is 41.7 Å². The number of benzene rings is 1. The Balaban J connectivity index is 1.64. The van der Waals surface area contributed by atoms with E-state index in [1.165, 1.54) is 33.5 Å². The van der Waals surface area contributed by atoms with Gasteiger partial charge in [0.2, 0.25) is 0 Å². The maximum atomic E-state index is 15.0. The predicted molar refractivity (Wildman–Crippen MR) is 106 cm³/mol. The number of imidazole rings is 1. The first-order valence-corrected chi connectivity index (χ1v) is 9.63. The first-order chi connectivity index (χ1) is 14.4. The quantitative estimate of drug-likeness (QED) is 0.548. The van der Waals surface area contributed by atoms with Crippen LogP contribution in [0.25, 0.3) is 27.7 Å². The van der Waals surface area contributed by atoms with Crippen molar-refractivity contribution in [2.45, 2.75) is 25.6 Å². The van der Waals surface area contributed by atoms with Gasteiger partial charge in [-0.2, -0.15) is 0 Å². The average Bonchev–Trinajstić information content (AvgIpc) is 3.09. The molecule has 1 fully saturated rings. The molecular weight excluding hydrogens is 395 g/mol. The molecule has 4 heterocycles. The molecule has 4 aromatic rings. The van der Waals surface area contributed by atoms with Crippen molar-refractivity contribution in [3.63, 3.8) is 0 Å². The third-order valence-corrected chi connectivity index (χ3v) is 5.53. The van der Waals surface area contributed by atoms with Gasteiger partial charge in [-0.1, -0.05) is 0 Å². The van der Waals surface area contributed by atoms with Gasteiger partial charge >= 0.3 is 0 Å². The molecule has 6 nitrogen and oxygen atoms in total. The number of alkyl halides is 1. The van der Waals surface area contributed by atoms with Crippen molar-refractivity contribution in [2.24, 2.45) is 0 Å². The van der Waals surface area contributed by atoms with Crippen LogP contribution in [0.1, 0.15) is 18.2 Å². The van der Waals surface area contributed by atoms with Gasteiger partial charge in [0, 0.05) is 24.5 Å². The van der Waals surface area contributed by atoms with Crippen LogP contribution in [0, 0.1) is 18.6 Å². The number of aryl methyl sites for hydroxylation is 1. The highest BCUT2D eigenvalue weighted by Gasteiger charge is 2.28. The van der Waals surface area contributed by atoms with Gasteiger partial charge in [0.1, 0.15) is 17.4 Å². The Morgan fingerprint density at radius 2 is 1.93 bits per heavy atom. The fourth-order valence-electron chi connectivity index (χ4n) is 4.07. The summed E-state index contributed by atoms with van der Waals surface area (Å²) < 4.78 is 46.4. The standard InChI is InChI=1S/C21H18F3N5O/c1-11-8-28-9-13(5-15(23)20(28)27-11)12-4-14(22)19-17(6-12)26-10-29(21(19)30)18-2-3-25-7-16(18)24/h4-6,8-10,16,18,25H,2-3,7H2,1H3/t16-,18+/m1/s1. The molecule has 0 amide bonds. The summed E-state index contributed by atoms with van der Waals surface area (Å²) in [6.07, 6.45) is 3.73. The lowest BCUT2D eigenvalue weighted by Gasteiger charge is -2.28. The van der Waals surface area contributed by atoms with E-state index in [2.05, 4.69) is 15.3 Å². The number of pyridine rings is 1. The van der Waals surface area contributed by atoms with Crippen LogP contribution in [0.2, 0.25) is 0 Å². The second-order valence-electron chi connectivity index (χ2n) is 7.58. The van der Waals surface area contributed by atoms with Crippen LogP contribution in [0.5, 0.6) is 0 Å². The van der Waals surface area contributed by atoms with Crippen molar-refractivity contribution in [3.05, 3.63) is 64.6 Å². The van der Waals surface area contributed by atoms with E-state index in [1.54, 1.807) is 19.3 Å². The van der Waals surface area contributed by atoms with Crippen LogP contribution >= 0.6 is 0 Å². The molecule has 30 heavy (non-hydrogen) atoms. The van der Waals surface area contributed by atoms with E-state index in [1.807, 2.05) is 0 Å². The van der Waals surface area contributed by atoms with Gasteiger partial charge in [-0.25, -0.2) is 23.1 Å². The van der Waals surface area contributed by atoms with Gasteiger partial charge in [0.05, 0.1) is 23.6 Å². The van der Waals surface area contributed by atoms with E-state index >= 15 is 0 Å². The Morgan fingerprint density at radius 3 is 2.73 bits per heavy atom. The molecule has 1 saturated heterocycles. The lowest BCUT2D eigenvalue weighted by Crippen LogP contribution is -2.42. The van der Waals surface area contributed by atoms with Crippen molar-refractivity contribution >= 4 is 16.6 Å². The molecule has 3 aromatic heterocycles. The molecule has 0 unspecified atom stereocenters. The molecular formula is C21H18F3N5O. The molecule has 1 N–H and O–H groups in total. The first kappa shape index (κ1) is 18.8.